The molecule has 2 atom stereocenters. The number of carbonyl (C=O) groups excluding carboxylic acids is 2. The summed E-state index contributed by atoms with van der Waals surface area (Å²) in [6.45, 7) is 3.33. The molecule has 176 valence electrons. The largest absolute Gasteiger partial charge is 0.467 e. The van der Waals surface area contributed by atoms with Crippen molar-refractivity contribution < 1.29 is 19.1 Å². The van der Waals surface area contributed by atoms with E-state index in [-0.39, 0.29) is 0 Å². The molecular weight excluding hydrogens is 432 g/mol. The van der Waals surface area contributed by atoms with E-state index in [1.807, 2.05) is 60.7 Å². The van der Waals surface area contributed by atoms with E-state index in [9.17, 15) is 9.59 Å². The average Bonchev–Trinajstić information content (AvgIpc) is 2.86. The van der Waals surface area contributed by atoms with Crippen LogP contribution in [0.2, 0.25) is 0 Å². The molecule has 8 nitrogen and oxygen atoms in total. The number of nitrogens with one attached hydrogen (secondary N) is 2. The van der Waals surface area contributed by atoms with Crippen LogP contribution in [0.3, 0.4) is 0 Å². The molecule has 0 aliphatic heterocycles. The van der Waals surface area contributed by atoms with Gasteiger partial charge in [-0.05, 0) is 50.3 Å². The van der Waals surface area contributed by atoms with E-state index >= 15 is 0 Å². The van der Waals surface area contributed by atoms with Crippen molar-refractivity contribution in [3.05, 3.63) is 84.2 Å². The van der Waals surface area contributed by atoms with Crippen LogP contribution in [0, 0.1) is 0 Å². The number of carbonyl (C=O) groups is 2. The lowest BCUT2D eigenvalue weighted by atomic mass is 10.0. The lowest BCUT2D eigenvalue weighted by Crippen LogP contribution is -2.27. The second kappa shape index (κ2) is 11.6. The third kappa shape index (κ3) is 6.41. The van der Waals surface area contributed by atoms with E-state index in [0.29, 0.717) is 22.8 Å². The summed E-state index contributed by atoms with van der Waals surface area (Å²) >= 11 is 0. The molecule has 0 aromatic heterocycles. The monoisotopic (exact) mass is 460 g/mol. The van der Waals surface area contributed by atoms with Crippen LogP contribution in [0.1, 0.15) is 13.8 Å². The number of aliphatic imine (C=N–C) groups is 2. The number of hydrogen-bond acceptors (Lipinski definition) is 8. The van der Waals surface area contributed by atoms with Crippen LogP contribution in [-0.2, 0) is 19.1 Å². The van der Waals surface area contributed by atoms with Gasteiger partial charge in [0, 0.05) is 11.4 Å². The van der Waals surface area contributed by atoms with E-state index in [1.165, 1.54) is 14.2 Å². The van der Waals surface area contributed by atoms with Gasteiger partial charge in [0.2, 0.25) is 0 Å². The molecule has 0 amide bonds. The summed E-state index contributed by atoms with van der Waals surface area (Å²) in [6.07, 6.45) is 3.58. The highest BCUT2D eigenvalue weighted by atomic mass is 16.5. The third-order valence-corrected chi connectivity index (χ3v) is 4.97. The van der Waals surface area contributed by atoms with Gasteiger partial charge in [0.15, 0.2) is 0 Å². The minimum absolute atomic E-state index is 0.448. The molecule has 2 aromatic rings. The van der Waals surface area contributed by atoms with Crippen molar-refractivity contribution in [1.29, 1.82) is 0 Å². The molecule has 0 spiro atoms. The van der Waals surface area contributed by atoms with Crippen molar-refractivity contribution >= 4 is 34.7 Å². The molecule has 0 unspecified atom stereocenters. The van der Waals surface area contributed by atoms with Crippen LogP contribution in [0.5, 0.6) is 0 Å². The van der Waals surface area contributed by atoms with E-state index in [2.05, 4.69) is 20.6 Å². The number of hydrogen-bond donors (Lipinski definition) is 2. The molecule has 34 heavy (non-hydrogen) atoms. The maximum absolute atomic E-state index is 12.1. The van der Waals surface area contributed by atoms with Gasteiger partial charge in [-0.25, -0.2) is 9.59 Å². The summed E-state index contributed by atoms with van der Waals surface area (Å²) in [5.74, 6) is -0.896. The Labute approximate surface area is 199 Å². The predicted molar refractivity (Wildman–Crippen MR) is 134 cm³/mol. The number of benzene rings is 2. The topological polar surface area (TPSA) is 101 Å². The molecule has 1 aliphatic carbocycles. The first-order valence-corrected chi connectivity index (χ1v) is 10.8. The number of nitrogens with zero attached hydrogens (tertiary/aromatic N) is 2. The van der Waals surface area contributed by atoms with E-state index in [4.69, 9.17) is 9.47 Å². The second-order valence-electron chi connectivity index (χ2n) is 7.53. The van der Waals surface area contributed by atoms with Gasteiger partial charge >= 0.3 is 11.9 Å². The Kier molecular flexibility index (Phi) is 8.34. The van der Waals surface area contributed by atoms with Gasteiger partial charge in [-0.1, -0.05) is 36.4 Å². The number of ether oxygens (including phenoxy) is 2. The standard InChI is InChI=1S/C26H28N4O4/c1-17(25(31)33-3)27-21-15-24(30-20-13-9-6-10-14-20)22(28-18(2)26(32)34-4)16-23(21)29-19-11-7-5-8-12-19/h5-18,29-30H,1-4H3/t17-,18-/m0/s1. The summed E-state index contributed by atoms with van der Waals surface area (Å²) in [5, 5.41) is 6.67. The average molecular weight is 461 g/mol. The number of anilines is 2. The smallest absolute Gasteiger partial charge is 0.330 e. The highest BCUT2D eigenvalue weighted by Gasteiger charge is 2.23. The fraction of sp³-hybridized carbons (Fsp3) is 0.231. The van der Waals surface area contributed by atoms with Gasteiger partial charge in [0.05, 0.1) is 37.0 Å². The highest BCUT2D eigenvalue weighted by Crippen LogP contribution is 2.21. The number of para-hydroxylation sites is 2. The molecule has 2 aromatic carbocycles. The lowest BCUT2D eigenvalue weighted by Gasteiger charge is -2.22. The Bertz CT molecular complexity index is 1050. The SMILES string of the molecule is COC(=O)[C@H](C)N=C1C=C(Nc2ccccc2)C(=N[C@@H](C)C(=O)OC)C=C1Nc1ccccc1. The van der Waals surface area contributed by atoms with Crippen LogP contribution in [0.25, 0.3) is 0 Å². The number of esters is 2. The predicted octanol–water partition coefficient (Wildman–Crippen LogP) is 4.00. The van der Waals surface area contributed by atoms with Crippen LogP contribution < -0.4 is 10.6 Å². The number of rotatable bonds is 8. The Hall–Kier alpha value is -4.20. The molecule has 0 radical (unpaired) electrons. The van der Waals surface area contributed by atoms with Gasteiger partial charge in [0.25, 0.3) is 0 Å². The quantitative estimate of drug-likeness (QED) is 0.456. The second-order valence-corrected chi connectivity index (χ2v) is 7.53. The van der Waals surface area contributed by atoms with Crippen molar-refractivity contribution in [2.24, 2.45) is 9.98 Å². The van der Waals surface area contributed by atoms with Crippen molar-refractivity contribution in [1.82, 2.24) is 0 Å². The zero-order chi connectivity index (χ0) is 24.5. The molecule has 3 rings (SSSR count). The van der Waals surface area contributed by atoms with Crippen molar-refractivity contribution in [2.45, 2.75) is 25.9 Å². The number of allylic oxidation sites excluding steroid dienone is 2. The number of methoxy groups -OCH3 is 2. The van der Waals surface area contributed by atoms with Crippen LogP contribution >= 0.6 is 0 Å². The fourth-order valence-corrected chi connectivity index (χ4v) is 3.21. The Balaban J connectivity index is 2.09. The zero-order valence-corrected chi connectivity index (χ0v) is 19.6. The van der Waals surface area contributed by atoms with Crippen LogP contribution in [0.15, 0.2) is 94.2 Å². The Morgan fingerprint density at radius 2 is 1.03 bits per heavy atom. The Morgan fingerprint density at radius 1 is 0.676 bits per heavy atom. The van der Waals surface area contributed by atoms with Crippen LogP contribution in [0.4, 0.5) is 11.4 Å². The first-order chi connectivity index (χ1) is 16.4. The van der Waals surface area contributed by atoms with E-state index < -0.39 is 24.0 Å². The highest BCUT2D eigenvalue weighted by molar-refractivity contribution is 6.26. The maximum Gasteiger partial charge on any atom is 0.330 e. The van der Waals surface area contributed by atoms with Crippen molar-refractivity contribution in [2.75, 3.05) is 24.9 Å². The minimum Gasteiger partial charge on any atom is -0.467 e. The molecular formula is C26H28N4O4. The summed E-state index contributed by atoms with van der Waals surface area (Å²) in [5.41, 5.74) is 3.98. The summed E-state index contributed by atoms with van der Waals surface area (Å²) in [6, 6.07) is 17.7. The zero-order valence-electron chi connectivity index (χ0n) is 19.6. The third-order valence-electron chi connectivity index (χ3n) is 4.97. The van der Waals surface area contributed by atoms with Gasteiger partial charge in [-0.15, -0.1) is 0 Å². The van der Waals surface area contributed by atoms with Gasteiger partial charge in [0.1, 0.15) is 12.1 Å². The summed E-state index contributed by atoms with van der Waals surface area (Å²) in [7, 11) is 2.66. The molecule has 0 bridgehead atoms. The van der Waals surface area contributed by atoms with Gasteiger partial charge in [-0.2, -0.15) is 0 Å². The van der Waals surface area contributed by atoms with Gasteiger partial charge in [-0.3, -0.25) is 9.98 Å². The first kappa shape index (κ1) is 24.4. The maximum atomic E-state index is 12.1. The van der Waals surface area contributed by atoms with Crippen LogP contribution in [-0.4, -0.2) is 49.7 Å². The molecule has 8 heteroatoms. The molecule has 0 heterocycles. The molecule has 0 fully saturated rings. The van der Waals surface area contributed by atoms with Crippen molar-refractivity contribution in [3.8, 4) is 0 Å². The minimum atomic E-state index is -0.720. The Morgan fingerprint density at radius 3 is 1.35 bits per heavy atom. The van der Waals surface area contributed by atoms with Crippen molar-refractivity contribution in [3.63, 3.8) is 0 Å². The molecule has 0 saturated heterocycles. The normalized spacial score (nSPS) is 17.3. The van der Waals surface area contributed by atoms with E-state index in [0.717, 1.165) is 11.4 Å². The fourth-order valence-electron chi connectivity index (χ4n) is 3.21. The molecule has 0 saturated carbocycles. The molecule has 1 aliphatic rings. The van der Waals surface area contributed by atoms with Gasteiger partial charge < -0.3 is 20.1 Å². The first-order valence-electron chi connectivity index (χ1n) is 10.8. The summed E-state index contributed by atoms with van der Waals surface area (Å²) < 4.78 is 9.69. The van der Waals surface area contributed by atoms with E-state index in [1.54, 1.807) is 26.0 Å². The lowest BCUT2D eigenvalue weighted by molar-refractivity contribution is -0.142. The summed E-state index contributed by atoms with van der Waals surface area (Å²) in [4.78, 5) is 33.3. The molecule has 2 N–H and O–H groups in total.